The fraction of sp³-hybridized carbons (Fsp3) is 0. The highest BCUT2D eigenvalue weighted by atomic mass is 32.1. The summed E-state index contributed by atoms with van der Waals surface area (Å²) in [5.41, 5.74) is 6.32. The number of carbonyl (C=O) groups excluding carboxylic acids is 1. The Balaban J connectivity index is 2.68. The Bertz CT molecular complexity index is 511. The zero-order valence-corrected chi connectivity index (χ0v) is 8.88. The second-order valence-corrected chi connectivity index (χ2v) is 4.00. The van der Waals surface area contributed by atoms with E-state index in [4.69, 9.17) is 10.8 Å². The van der Waals surface area contributed by atoms with Crippen LogP contribution in [0.5, 0.6) is 0 Å². The van der Waals surface area contributed by atoms with Crippen molar-refractivity contribution in [2.75, 3.05) is 0 Å². The molecule has 1 amide bonds. The molecule has 0 fully saturated rings. The van der Waals surface area contributed by atoms with E-state index < -0.39 is 11.9 Å². The van der Waals surface area contributed by atoms with Gasteiger partial charge in [-0.25, -0.2) is 4.79 Å². The summed E-state index contributed by atoms with van der Waals surface area (Å²) in [6.07, 6.45) is 3.28. The lowest BCUT2D eigenvalue weighted by atomic mass is 10.0. The molecule has 16 heavy (non-hydrogen) atoms. The molecule has 0 aliphatic rings. The molecule has 2 aromatic rings. The minimum absolute atomic E-state index is 0.0957. The van der Waals surface area contributed by atoms with Crippen LogP contribution >= 0.6 is 11.3 Å². The number of aromatic carboxylic acids is 1. The van der Waals surface area contributed by atoms with Crippen LogP contribution in [-0.4, -0.2) is 22.0 Å². The normalized spacial score (nSPS) is 10.2. The smallest absolute Gasteiger partial charge is 0.337 e. The third kappa shape index (κ3) is 1.59. The second kappa shape index (κ2) is 3.82. The highest BCUT2D eigenvalue weighted by Gasteiger charge is 2.21. The Labute approximate surface area is 94.5 Å². The number of aromatic nitrogens is 1. The van der Waals surface area contributed by atoms with Crippen molar-refractivity contribution in [2.24, 2.45) is 5.73 Å². The fourth-order valence-electron chi connectivity index (χ4n) is 1.46. The van der Waals surface area contributed by atoms with Crippen molar-refractivity contribution < 1.29 is 14.7 Å². The molecule has 0 radical (unpaired) electrons. The predicted octanol–water partition coefficient (Wildman–Crippen LogP) is 1.54. The molecule has 82 valence electrons. The number of thiophene rings is 1. The molecule has 0 spiro atoms. The van der Waals surface area contributed by atoms with Gasteiger partial charge in [0.25, 0.3) is 5.91 Å². The summed E-state index contributed by atoms with van der Waals surface area (Å²) < 4.78 is 0. The third-order valence-corrected chi connectivity index (χ3v) is 3.13. The standard InChI is InChI=1S/C10H8N2O3S/c11-9(13)8-7(5-1-2-12-3-5)6(4-16-8)10(14)15/h1-4,12H,(H2,11,13)(H,14,15). The molecule has 2 aromatic heterocycles. The van der Waals surface area contributed by atoms with Crippen LogP contribution in [0.3, 0.4) is 0 Å². The van der Waals surface area contributed by atoms with Gasteiger partial charge in [0.05, 0.1) is 5.56 Å². The lowest BCUT2D eigenvalue weighted by molar-refractivity contribution is 0.0698. The van der Waals surface area contributed by atoms with Crippen molar-refractivity contribution in [3.63, 3.8) is 0 Å². The van der Waals surface area contributed by atoms with Crippen molar-refractivity contribution >= 4 is 23.2 Å². The number of amides is 1. The fourth-order valence-corrected chi connectivity index (χ4v) is 2.38. The first kappa shape index (κ1) is 10.4. The number of primary amides is 1. The summed E-state index contributed by atoms with van der Waals surface area (Å²) in [5.74, 6) is -1.69. The predicted molar refractivity (Wildman–Crippen MR) is 59.6 cm³/mol. The van der Waals surface area contributed by atoms with Crippen LogP contribution in [0.1, 0.15) is 20.0 Å². The molecule has 0 atom stereocenters. The van der Waals surface area contributed by atoms with E-state index in [9.17, 15) is 9.59 Å². The molecule has 0 unspecified atom stereocenters. The minimum atomic E-state index is -1.07. The summed E-state index contributed by atoms with van der Waals surface area (Å²) in [7, 11) is 0. The highest BCUT2D eigenvalue weighted by Crippen LogP contribution is 2.32. The monoisotopic (exact) mass is 236 g/mol. The number of rotatable bonds is 3. The van der Waals surface area contributed by atoms with Gasteiger partial charge < -0.3 is 15.8 Å². The van der Waals surface area contributed by atoms with Gasteiger partial charge in [0.15, 0.2) is 0 Å². The van der Waals surface area contributed by atoms with Gasteiger partial charge in [-0.2, -0.15) is 0 Å². The first-order valence-electron chi connectivity index (χ1n) is 4.39. The summed E-state index contributed by atoms with van der Waals surface area (Å²) in [5, 5.41) is 10.4. The number of hydrogen-bond acceptors (Lipinski definition) is 3. The Morgan fingerprint density at radius 2 is 2.19 bits per heavy atom. The van der Waals surface area contributed by atoms with Crippen molar-refractivity contribution in [3.8, 4) is 11.1 Å². The molecule has 2 heterocycles. The van der Waals surface area contributed by atoms with Gasteiger partial charge in [0, 0.05) is 28.9 Å². The van der Waals surface area contributed by atoms with Gasteiger partial charge in [0.1, 0.15) is 4.88 Å². The summed E-state index contributed by atoms with van der Waals surface area (Å²) in [6.45, 7) is 0. The summed E-state index contributed by atoms with van der Waals surface area (Å²) >= 11 is 1.04. The minimum Gasteiger partial charge on any atom is -0.478 e. The molecule has 0 aromatic carbocycles. The number of aromatic amines is 1. The SMILES string of the molecule is NC(=O)c1scc(C(=O)O)c1-c1cc[nH]c1. The van der Waals surface area contributed by atoms with E-state index in [1.54, 1.807) is 18.5 Å². The van der Waals surface area contributed by atoms with Gasteiger partial charge in [-0.3, -0.25) is 4.79 Å². The Kier molecular flexibility index (Phi) is 2.49. The number of nitrogens with one attached hydrogen (secondary N) is 1. The maximum absolute atomic E-state index is 11.2. The zero-order chi connectivity index (χ0) is 11.7. The number of H-pyrrole nitrogens is 1. The van der Waals surface area contributed by atoms with E-state index in [-0.39, 0.29) is 10.4 Å². The molecular weight excluding hydrogens is 228 g/mol. The maximum atomic E-state index is 11.2. The van der Waals surface area contributed by atoms with Crippen molar-refractivity contribution in [1.82, 2.24) is 4.98 Å². The average molecular weight is 236 g/mol. The van der Waals surface area contributed by atoms with Crippen molar-refractivity contribution in [2.45, 2.75) is 0 Å². The van der Waals surface area contributed by atoms with Crippen molar-refractivity contribution in [1.29, 1.82) is 0 Å². The van der Waals surface area contributed by atoms with E-state index in [1.165, 1.54) is 5.38 Å². The molecular formula is C10H8N2O3S. The number of carboxylic acid groups (broad SMARTS) is 1. The topological polar surface area (TPSA) is 96.2 Å². The molecule has 0 saturated heterocycles. The number of carbonyl (C=O) groups is 2. The van der Waals surface area contributed by atoms with E-state index in [2.05, 4.69) is 4.98 Å². The Hall–Kier alpha value is -2.08. The highest BCUT2D eigenvalue weighted by molar-refractivity contribution is 7.13. The molecule has 0 aliphatic carbocycles. The molecule has 2 rings (SSSR count). The van der Waals surface area contributed by atoms with Crippen LogP contribution in [0.15, 0.2) is 23.8 Å². The van der Waals surface area contributed by atoms with Crippen LogP contribution in [-0.2, 0) is 0 Å². The average Bonchev–Trinajstić information content (AvgIpc) is 2.85. The van der Waals surface area contributed by atoms with E-state index in [1.807, 2.05) is 0 Å². The van der Waals surface area contributed by atoms with Crippen LogP contribution in [0.2, 0.25) is 0 Å². The first-order chi connectivity index (χ1) is 7.61. The van der Waals surface area contributed by atoms with E-state index in [0.29, 0.717) is 11.1 Å². The number of nitrogens with two attached hydrogens (primary N) is 1. The van der Waals surface area contributed by atoms with Gasteiger partial charge in [0.2, 0.25) is 0 Å². The Morgan fingerprint density at radius 1 is 1.44 bits per heavy atom. The maximum Gasteiger partial charge on any atom is 0.337 e. The summed E-state index contributed by atoms with van der Waals surface area (Å²) in [6, 6.07) is 1.70. The molecule has 0 aliphatic heterocycles. The van der Waals surface area contributed by atoms with Crippen LogP contribution in [0.25, 0.3) is 11.1 Å². The van der Waals surface area contributed by atoms with Crippen LogP contribution in [0.4, 0.5) is 0 Å². The molecule has 0 bridgehead atoms. The van der Waals surface area contributed by atoms with Crippen LogP contribution < -0.4 is 5.73 Å². The van der Waals surface area contributed by atoms with Gasteiger partial charge in [-0.1, -0.05) is 0 Å². The Morgan fingerprint density at radius 3 is 2.69 bits per heavy atom. The second-order valence-electron chi connectivity index (χ2n) is 3.12. The van der Waals surface area contributed by atoms with E-state index >= 15 is 0 Å². The largest absolute Gasteiger partial charge is 0.478 e. The first-order valence-corrected chi connectivity index (χ1v) is 5.27. The van der Waals surface area contributed by atoms with Gasteiger partial charge in [-0.15, -0.1) is 11.3 Å². The zero-order valence-electron chi connectivity index (χ0n) is 8.06. The molecule has 0 saturated carbocycles. The lowest BCUT2D eigenvalue weighted by Crippen LogP contribution is -2.10. The third-order valence-electron chi connectivity index (χ3n) is 2.13. The lowest BCUT2D eigenvalue weighted by Gasteiger charge is -1.99. The molecule has 4 N–H and O–H groups in total. The van der Waals surface area contributed by atoms with Crippen LogP contribution in [0, 0.1) is 0 Å². The van der Waals surface area contributed by atoms with E-state index in [0.717, 1.165) is 11.3 Å². The molecule has 6 heteroatoms. The van der Waals surface area contributed by atoms with Gasteiger partial charge in [-0.05, 0) is 6.07 Å². The number of carboxylic acids is 1. The number of hydrogen-bond donors (Lipinski definition) is 3. The van der Waals surface area contributed by atoms with Gasteiger partial charge >= 0.3 is 5.97 Å². The summed E-state index contributed by atoms with van der Waals surface area (Å²) in [4.78, 5) is 25.3. The van der Waals surface area contributed by atoms with Crippen molar-refractivity contribution in [3.05, 3.63) is 34.3 Å². The molecule has 5 nitrogen and oxygen atoms in total. The quantitative estimate of drug-likeness (QED) is 0.754.